The number of likely N-dealkylation sites (N-methyl/N-ethyl adjacent to an activating group) is 1. The molecule has 0 heterocycles. The van der Waals surface area contributed by atoms with Crippen molar-refractivity contribution < 1.29 is 8.78 Å². The lowest BCUT2D eigenvalue weighted by molar-refractivity contribution is 0.514. The van der Waals surface area contributed by atoms with E-state index < -0.39 is 11.6 Å². The first kappa shape index (κ1) is 15.2. The van der Waals surface area contributed by atoms with Gasteiger partial charge in [0.05, 0.1) is 0 Å². The largest absolute Gasteiger partial charge is 0.313 e. The molecule has 1 nitrogen and oxygen atoms in total. The van der Waals surface area contributed by atoms with E-state index in [2.05, 4.69) is 11.4 Å². The van der Waals surface area contributed by atoms with Crippen LogP contribution in [0.2, 0.25) is 0 Å². The second-order valence-electron chi connectivity index (χ2n) is 5.48. The van der Waals surface area contributed by atoms with E-state index in [9.17, 15) is 8.78 Å². The zero-order valence-corrected chi connectivity index (χ0v) is 12.1. The molecule has 2 rings (SSSR count). The summed E-state index contributed by atoms with van der Waals surface area (Å²) in [6, 6.07) is 4.10. The van der Waals surface area contributed by atoms with Crippen molar-refractivity contribution in [3.05, 3.63) is 47.0 Å². The molecule has 0 saturated carbocycles. The molecule has 0 saturated heterocycles. The molecule has 0 radical (unpaired) electrons. The highest BCUT2D eigenvalue weighted by Gasteiger charge is 2.18. The van der Waals surface area contributed by atoms with Gasteiger partial charge in [-0.25, -0.2) is 8.78 Å². The van der Waals surface area contributed by atoms with Gasteiger partial charge in [-0.3, -0.25) is 0 Å². The van der Waals surface area contributed by atoms with Gasteiger partial charge in [0.15, 0.2) is 0 Å². The Labute approximate surface area is 120 Å². The molecule has 1 aromatic rings. The van der Waals surface area contributed by atoms with Crippen molar-refractivity contribution in [2.24, 2.45) is 0 Å². The molecule has 1 N–H and O–H groups in total. The summed E-state index contributed by atoms with van der Waals surface area (Å²) in [4.78, 5) is 0. The summed E-state index contributed by atoms with van der Waals surface area (Å²) in [5.74, 6) is -0.895. The van der Waals surface area contributed by atoms with Crippen molar-refractivity contribution >= 4 is 0 Å². The molecule has 0 amide bonds. The van der Waals surface area contributed by atoms with Crippen molar-refractivity contribution in [1.82, 2.24) is 5.32 Å². The summed E-state index contributed by atoms with van der Waals surface area (Å²) in [5.41, 5.74) is 1.49. The minimum Gasteiger partial charge on any atom is -0.313 e. The molecule has 3 heteroatoms. The van der Waals surface area contributed by atoms with Gasteiger partial charge in [-0.05, 0) is 51.3 Å². The summed E-state index contributed by atoms with van der Waals surface area (Å²) in [6.45, 7) is 0. The standard InChI is InChI=1S/C17H23F2N/c1-20-17(13-8-5-3-2-4-6-9-13)12-14-15(18)10-7-11-16(14)19/h7-8,10-11,17,20H,2-6,9,12H2,1H3/b13-8+. The number of rotatable bonds is 4. The SMILES string of the molecule is CNC(Cc1c(F)cccc1F)/C1=C/CCCCCC1. The fourth-order valence-corrected chi connectivity index (χ4v) is 2.88. The average Bonchev–Trinajstić information content (AvgIpc) is 2.39. The topological polar surface area (TPSA) is 12.0 Å². The molecule has 0 bridgehead atoms. The third-order valence-corrected chi connectivity index (χ3v) is 4.09. The fraction of sp³-hybridized carbons (Fsp3) is 0.529. The van der Waals surface area contributed by atoms with Crippen molar-refractivity contribution in [2.75, 3.05) is 7.05 Å². The van der Waals surface area contributed by atoms with Gasteiger partial charge in [0.1, 0.15) is 11.6 Å². The van der Waals surface area contributed by atoms with E-state index in [0.717, 1.165) is 12.8 Å². The van der Waals surface area contributed by atoms with Crippen LogP contribution in [0.4, 0.5) is 8.78 Å². The number of allylic oxidation sites excluding steroid dienone is 1. The van der Waals surface area contributed by atoms with Crippen molar-refractivity contribution in [1.29, 1.82) is 0 Å². The van der Waals surface area contributed by atoms with E-state index in [1.807, 2.05) is 7.05 Å². The number of hydrogen-bond donors (Lipinski definition) is 1. The maximum absolute atomic E-state index is 13.8. The molecule has 1 unspecified atom stereocenters. The summed E-state index contributed by atoms with van der Waals surface area (Å²) in [5, 5.41) is 3.22. The van der Waals surface area contributed by atoms with Crippen LogP contribution in [-0.4, -0.2) is 13.1 Å². The third kappa shape index (κ3) is 3.89. The van der Waals surface area contributed by atoms with Crippen LogP contribution in [0.25, 0.3) is 0 Å². The van der Waals surface area contributed by atoms with Crippen molar-refractivity contribution in [3.8, 4) is 0 Å². The van der Waals surface area contributed by atoms with Crippen LogP contribution in [0, 0.1) is 11.6 Å². The number of benzene rings is 1. The lowest BCUT2D eigenvalue weighted by Crippen LogP contribution is -2.31. The first-order valence-electron chi connectivity index (χ1n) is 7.51. The predicted molar refractivity (Wildman–Crippen MR) is 78.7 cm³/mol. The van der Waals surface area contributed by atoms with Gasteiger partial charge < -0.3 is 5.32 Å². The monoisotopic (exact) mass is 279 g/mol. The molecular formula is C17H23F2N. The minimum atomic E-state index is -0.448. The van der Waals surface area contributed by atoms with Crippen molar-refractivity contribution in [3.63, 3.8) is 0 Å². The Morgan fingerprint density at radius 1 is 1.10 bits per heavy atom. The zero-order chi connectivity index (χ0) is 14.4. The van der Waals surface area contributed by atoms with Crippen LogP contribution >= 0.6 is 0 Å². The quantitative estimate of drug-likeness (QED) is 0.807. The molecular weight excluding hydrogens is 256 g/mol. The lowest BCUT2D eigenvalue weighted by atomic mass is 9.91. The minimum absolute atomic E-state index is 0.0273. The molecule has 0 aliphatic heterocycles. The van der Waals surface area contributed by atoms with E-state index in [1.54, 1.807) is 0 Å². The number of nitrogens with one attached hydrogen (secondary N) is 1. The molecule has 0 spiro atoms. The van der Waals surface area contributed by atoms with Gasteiger partial charge in [-0.15, -0.1) is 0 Å². The maximum Gasteiger partial charge on any atom is 0.129 e. The molecule has 1 atom stereocenters. The molecule has 1 aromatic carbocycles. The van der Waals surface area contributed by atoms with E-state index in [4.69, 9.17) is 0 Å². The third-order valence-electron chi connectivity index (χ3n) is 4.09. The van der Waals surface area contributed by atoms with Crippen molar-refractivity contribution in [2.45, 2.75) is 51.0 Å². The Bertz CT molecular complexity index is 448. The van der Waals surface area contributed by atoms with Gasteiger partial charge in [0.2, 0.25) is 0 Å². The summed E-state index contributed by atoms with van der Waals surface area (Å²) < 4.78 is 27.5. The first-order valence-corrected chi connectivity index (χ1v) is 7.51. The summed E-state index contributed by atoms with van der Waals surface area (Å²) in [6.07, 6.45) is 9.67. The highest BCUT2D eigenvalue weighted by atomic mass is 19.1. The van der Waals surface area contributed by atoms with Crippen LogP contribution in [0.3, 0.4) is 0 Å². The fourth-order valence-electron chi connectivity index (χ4n) is 2.88. The maximum atomic E-state index is 13.8. The predicted octanol–water partition coefficient (Wildman–Crippen LogP) is 4.38. The Balaban J connectivity index is 2.15. The van der Waals surface area contributed by atoms with E-state index in [-0.39, 0.29) is 11.6 Å². The average molecular weight is 279 g/mol. The summed E-state index contributed by atoms with van der Waals surface area (Å²) in [7, 11) is 1.86. The molecule has 0 aromatic heterocycles. The van der Waals surface area contributed by atoms with Gasteiger partial charge in [-0.2, -0.15) is 0 Å². The van der Waals surface area contributed by atoms with Crippen LogP contribution < -0.4 is 5.32 Å². The molecule has 1 aliphatic carbocycles. The highest BCUT2D eigenvalue weighted by Crippen LogP contribution is 2.23. The second-order valence-corrected chi connectivity index (χ2v) is 5.48. The smallest absolute Gasteiger partial charge is 0.129 e. The van der Waals surface area contributed by atoms with Gasteiger partial charge in [0.25, 0.3) is 0 Å². The van der Waals surface area contributed by atoms with E-state index in [1.165, 1.54) is 49.5 Å². The van der Waals surface area contributed by atoms with E-state index >= 15 is 0 Å². The number of halogens is 2. The Morgan fingerprint density at radius 3 is 2.50 bits per heavy atom. The van der Waals surface area contributed by atoms with Gasteiger partial charge in [-0.1, -0.05) is 30.6 Å². The summed E-state index contributed by atoms with van der Waals surface area (Å²) >= 11 is 0. The van der Waals surface area contributed by atoms with Gasteiger partial charge in [0, 0.05) is 11.6 Å². The molecule has 20 heavy (non-hydrogen) atoms. The molecule has 110 valence electrons. The zero-order valence-electron chi connectivity index (χ0n) is 12.1. The van der Waals surface area contributed by atoms with Crippen LogP contribution in [-0.2, 0) is 6.42 Å². The first-order chi connectivity index (χ1) is 9.72. The van der Waals surface area contributed by atoms with Crippen LogP contribution in [0.15, 0.2) is 29.8 Å². The number of hydrogen-bond acceptors (Lipinski definition) is 1. The Kier molecular flexibility index (Phi) is 5.72. The Morgan fingerprint density at radius 2 is 1.80 bits per heavy atom. The Hall–Kier alpha value is -1.22. The second kappa shape index (κ2) is 7.53. The molecule has 1 aliphatic rings. The van der Waals surface area contributed by atoms with Gasteiger partial charge >= 0.3 is 0 Å². The normalized spacial score (nSPS) is 20.6. The molecule has 0 fully saturated rings. The van der Waals surface area contributed by atoms with E-state index in [0.29, 0.717) is 6.42 Å². The van der Waals surface area contributed by atoms with Crippen LogP contribution in [0.5, 0.6) is 0 Å². The highest BCUT2D eigenvalue weighted by molar-refractivity contribution is 5.24. The lowest BCUT2D eigenvalue weighted by Gasteiger charge is -2.22. The van der Waals surface area contributed by atoms with Crippen LogP contribution in [0.1, 0.15) is 44.1 Å².